The number of nitrogens with one attached hydrogen (secondary N) is 1. The van der Waals surface area contributed by atoms with E-state index in [1.54, 1.807) is 16.3 Å². The van der Waals surface area contributed by atoms with Gasteiger partial charge in [0.25, 0.3) is 11.5 Å². The van der Waals surface area contributed by atoms with E-state index in [9.17, 15) is 19.5 Å². The first-order valence-electron chi connectivity index (χ1n) is 9.65. The number of nitrogens with zero attached hydrogens (tertiary/aromatic N) is 3. The minimum atomic E-state index is -0.420. The average molecular weight is 461 g/mol. The molecule has 162 valence electrons. The molecule has 0 bridgehead atoms. The van der Waals surface area contributed by atoms with E-state index < -0.39 is 11.3 Å². The van der Waals surface area contributed by atoms with Crippen LogP contribution in [-0.2, 0) is 11.3 Å². The van der Waals surface area contributed by atoms with Crippen LogP contribution in [-0.4, -0.2) is 50.5 Å². The summed E-state index contributed by atoms with van der Waals surface area (Å²) in [4.78, 5) is 44.7. The molecule has 2 amide bonds. The number of hydrogen-bond donors (Lipinski definition) is 2. The molecule has 1 fully saturated rings. The molecule has 1 saturated heterocycles. The van der Waals surface area contributed by atoms with Crippen LogP contribution < -0.4 is 10.9 Å². The molecule has 2 N–H and O–H groups in total. The summed E-state index contributed by atoms with van der Waals surface area (Å²) < 4.78 is 1.31. The molecule has 3 heterocycles. The first-order valence-corrected chi connectivity index (χ1v) is 10.9. The van der Waals surface area contributed by atoms with E-state index in [1.807, 2.05) is 13.8 Å². The van der Waals surface area contributed by atoms with Gasteiger partial charge < -0.3 is 15.3 Å². The van der Waals surface area contributed by atoms with E-state index in [-0.39, 0.29) is 40.4 Å². The smallest absolute Gasteiger partial charge is 0.262 e. The molecule has 1 aliphatic heterocycles. The number of phenols is 1. The van der Waals surface area contributed by atoms with Crippen molar-refractivity contribution in [3.8, 4) is 5.75 Å². The lowest BCUT2D eigenvalue weighted by Gasteiger charge is -2.26. The van der Waals surface area contributed by atoms with Crippen LogP contribution in [0.2, 0.25) is 5.02 Å². The number of phenolic OH excluding ortho intramolecular Hbond substituents is 1. The first kappa shape index (κ1) is 21.3. The molecule has 4 rings (SSSR count). The number of hydrogen-bond acceptors (Lipinski definition) is 6. The Morgan fingerprint density at radius 2 is 2.13 bits per heavy atom. The van der Waals surface area contributed by atoms with Gasteiger partial charge in [0.2, 0.25) is 5.91 Å². The molecule has 1 unspecified atom stereocenters. The van der Waals surface area contributed by atoms with Gasteiger partial charge in [-0.25, -0.2) is 4.98 Å². The van der Waals surface area contributed by atoms with Crippen LogP contribution >= 0.6 is 22.9 Å². The second-order valence-corrected chi connectivity index (χ2v) is 9.57. The van der Waals surface area contributed by atoms with Crippen molar-refractivity contribution in [1.82, 2.24) is 19.8 Å². The maximum absolute atomic E-state index is 12.9. The lowest BCUT2D eigenvalue weighted by Crippen LogP contribution is -2.44. The van der Waals surface area contributed by atoms with Crippen LogP contribution in [0.15, 0.2) is 40.8 Å². The van der Waals surface area contributed by atoms with Crippen molar-refractivity contribution in [2.24, 2.45) is 5.41 Å². The molecule has 0 radical (unpaired) electrons. The molecular weight excluding hydrogens is 440 g/mol. The molecule has 1 aromatic carbocycles. The topological polar surface area (TPSA) is 105 Å². The van der Waals surface area contributed by atoms with E-state index in [0.717, 1.165) is 0 Å². The van der Waals surface area contributed by atoms with Gasteiger partial charge in [-0.05, 0) is 29.6 Å². The van der Waals surface area contributed by atoms with E-state index >= 15 is 0 Å². The number of likely N-dealkylation sites (tertiary alicyclic amines) is 1. The number of carbonyl (C=O) groups excluding carboxylic acids is 2. The fourth-order valence-electron chi connectivity index (χ4n) is 3.74. The number of aromatic hydroxyl groups is 1. The lowest BCUT2D eigenvalue weighted by atomic mass is 9.87. The van der Waals surface area contributed by atoms with Crippen LogP contribution in [0.25, 0.3) is 10.2 Å². The molecule has 3 aromatic rings. The van der Waals surface area contributed by atoms with Crippen molar-refractivity contribution >= 4 is 45.0 Å². The second kappa shape index (κ2) is 7.97. The zero-order chi connectivity index (χ0) is 22.3. The second-order valence-electron chi connectivity index (χ2n) is 8.27. The third-order valence-corrected chi connectivity index (χ3v) is 6.70. The van der Waals surface area contributed by atoms with Gasteiger partial charge in [0.1, 0.15) is 17.1 Å². The van der Waals surface area contributed by atoms with E-state index in [1.165, 1.54) is 40.4 Å². The predicted molar refractivity (Wildman–Crippen MR) is 119 cm³/mol. The number of rotatable bonds is 4. The molecule has 0 saturated carbocycles. The Kier molecular flexibility index (Phi) is 5.49. The monoisotopic (exact) mass is 460 g/mol. The Labute approximate surface area is 187 Å². The van der Waals surface area contributed by atoms with Crippen molar-refractivity contribution in [3.63, 3.8) is 0 Å². The van der Waals surface area contributed by atoms with Gasteiger partial charge in [0, 0.05) is 18.5 Å². The Hall–Kier alpha value is -2.91. The van der Waals surface area contributed by atoms with Crippen molar-refractivity contribution in [1.29, 1.82) is 0 Å². The molecule has 2 aromatic heterocycles. The minimum Gasteiger partial charge on any atom is -0.508 e. The fourth-order valence-corrected chi connectivity index (χ4v) is 4.67. The van der Waals surface area contributed by atoms with Gasteiger partial charge in [-0.2, -0.15) is 0 Å². The molecule has 1 atom stereocenters. The number of fused-ring (bicyclic) bond motifs is 1. The first-order chi connectivity index (χ1) is 14.7. The number of thiophene rings is 1. The fraction of sp³-hybridized carbons (Fsp3) is 0.333. The summed E-state index contributed by atoms with van der Waals surface area (Å²) in [7, 11) is 0. The summed E-state index contributed by atoms with van der Waals surface area (Å²) >= 11 is 7.47. The quantitative estimate of drug-likeness (QED) is 0.622. The highest BCUT2D eigenvalue weighted by Crippen LogP contribution is 2.31. The van der Waals surface area contributed by atoms with Crippen LogP contribution in [0.4, 0.5) is 0 Å². The Balaban J connectivity index is 1.48. The third kappa shape index (κ3) is 4.15. The van der Waals surface area contributed by atoms with Crippen LogP contribution in [0.1, 0.15) is 24.2 Å². The average Bonchev–Trinajstić information content (AvgIpc) is 3.30. The van der Waals surface area contributed by atoms with E-state index in [4.69, 9.17) is 11.6 Å². The van der Waals surface area contributed by atoms with Gasteiger partial charge in [0.05, 0.1) is 28.3 Å². The van der Waals surface area contributed by atoms with Crippen LogP contribution in [0, 0.1) is 5.41 Å². The minimum absolute atomic E-state index is 0.0568. The number of amides is 2. The van der Waals surface area contributed by atoms with Crippen molar-refractivity contribution in [2.75, 3.05) is 13.1 Å². The SMILES string of the molecule is CC1(C)CN(C(=O)Cn2cnc3sccc3c2=O)CC1NC(=O)c1cc(O)ccc1Cl. The summed E-state index contributed by atoms with van der Waals surface area (Å²) in [6.45, 7) is 4.53. The highest BCUT2D eigenvalue weighted by Gasteiger charge is 2.42. The molecule has 8 nitrogen and oxygen atoms in total. The van der Waals surface area contributed by atoms with Gasteiger partial charge in [-0.15, -0.1) is 11.3 Å². The maximum atomic E-state index is 12.9. The van der Waals surface area contributed by atoms with E-state index in [2.05, 4.69) is 10.3 Å². The summed E-state index contributed by atoms with van der Waals surface area (Å²) in [6.07, 6.45) is 1.39. The molecule has 31 heavy (non-hydrogen) atoms. The van der Waals surface area contributed by atoms with Crippen molar-refractivity contribution in [3.05, 3.63) is 56.9 Å². The standard InChI is InChI=1S/C21H21ClN4O4S/c1-21(2)10-25(8-16(21)24-18(29)14-7-12(27)3-4-15(14)22)17(28)9-26-11-23-19-13(20(26)30)5-6-31-19/h3-7,11,16,27H,8-10H2,1-2H3,(H,24,29). The van der Waals surface area contributed by atoms with Gasteiger partial charge in [0.15, 0.2) is 0 Å². The zero-order valence-corrected chi connectivity index (χ0v) is 18.5. The normalized spacial score (nSPS) is 17.8. The van der Waals surface area contributed by atoms with Crippen LogP contribution in [0.5, 0.6) is 5.75 Å². The summed E-state index contributed by atoms with van der Waals surface area (Å²) in [5.74, 6) is -0.700. The van der Waals surface area contributed by atoms with E-state index in [0.29, 0.717) is 23.3 Å². The Morgan fingerprint density at radius 1 is 1.35 bits per heavy atom. The van der Waals surface area contributed by atoms with Gasteiger partial charge in [-0.3, -0.25) is 19.0 Å². The lowest BCUT2D eigenvalue weighted by molar-refractivity contribution is -0.131. The van der Waals surface area contributed by atoms with Crippen molar-refractivity contribution in [2.45, 2.75) is 26.4 Å². The largest absolute Gasteiger partial charge is 0.508 e. The maximum Gasteiger partial charge on any atom is 0.262 e. The Bertz CT molecular complexity index is 1240. The number of benzene rings is 1. The molecule has 10 heteroatoms. The highest BCUT2D eigenvalue weighted by molar-refractivity contribution is 7.16. The number of halogens is 1. The Morgan fingerprint density at radius 3 is 2.90 bits per heavy atom. The molecule has 0 aliphatic carbocycles. The highest BCUT2D eigenvalue weighted by atomic mass is 35.5. The summed E-state index contributed by atoms with van der Waals surface area (Å²) in [6, 6.07) is 5.55. The predicted octanol–water partition coefficient (Wildman–Crippen LogP) is 2.48. The number of aromatic nitrogens is 2. The van der Waals surface area contributed by atoms with Gasteiger partial charge in [-0.1, -0.05) is 25.4 Å². The van der Waals surface area contributed by atoms with Crippen LogP contribution in [0.3, 0.4) is 0 Å². The summed E-state index contributed by atoms with van der Waals surface area (Å²) in [5, 5.41) is 15.1. The third-order valence-electron chi connectivity index (χ3n) is 5.55. The number of carbonyl (C=O) groups is 2. The van der Waals surface area contributed by atoms with Gasteiger partial charge >= 0.3 is 0 Å². The molecule has 1 aliphatic rings. The molecule has 0 spiro atoms. The zero-order valence-electron chi connectivity index (χ0n) is 17.0. The van der Waals surface area contributed by atoms with Crippen molar-refractivity contribution < 1.29 is 14.7 Å². The molecular formula is C21H21ClN4O4S. The summed E-state index contributed by atoms with van der Waals surface area (Å²) in [5.41, 5.74) is -0.472.